The van der Waals surface area contributed by atoms with Crippen molar-refractivity contribution in [1.29, 1.82) is 0 Å². The lowest BCUT2D eigenvalue weighted by atomic mass is 10.2. The van der Waals surface area contributed by atoms with Crippen LogP contribution >= 0.6 is 11.8 Å². The number of anilines is 1. The topological polar surface area (TPSA) is 41.9 Å². The molecule has 0 N–H and O–H groups in total. The zero-order valence-electron chi connectivity index (χ0n) is 17.1. The van der Waals surface area contributed by atoms with Crippen molar-refractivity contribution < 1.29 is 9.53 Å². The lowest BCUT2D eigenvalue weighted by Gasteiger charge is -2.16. The zero-order valence-corrected chi connectivity index (χ0v) is 17.9. The van der Waals surface area contributed by atoms with E-state index in [1.165, 1.54) is 11.8 Å². The lowest BCUT2D eigenvalue weighted by molar-refractivity contribution is -0.113. The molecule has 0 unspecified atom stereocenters. The van der Waals surface area contributed by atoms with Gasteiger partial charge in [0, 0.05) is 0 Å². The highest BCUT2D eigenvalue weighted by molar-refractivity contribution is 8.19. The molecule has 150 valence electrons. The summed E-state index contributed by atoms with van der Waals surface area (Å²) in [4.78, 5) is 20.5. The van der Waals surface area contributed by atoms with E-state index in [2.05, 4.69) is 0 Å². The van der Waals surface area contributed by atoms with E-state index in [-0.39, 0.29) is 5.91 Å². The van der Waals surface area contributed by atoms with Crippen LogP contribution in [0.25, 0.3) is 6.08 Å². The molecular formula is C25H22N2O2S. The van der Waals surface area contributed by atoms with Crippen molar-refractivity contribution in [1.82, 2.24) is 0 Å². The molecule has 0 aliphatic carbocycles. The molecule has 1 aliphatic heterocycles. The summed E-state index contributed by atoms with van der Waals surface area (Å²) in [6.07, 6.45) is 1.90. The quantitative estimate of drug-likeness (QED) is 0.483. The molecule has 30 heavy (non-hydrogen) atoms. The van der Waals surface area contributed by atoms with Gasteiger partial charge in [-0.3, -0.25) is 9.69 Å². The summed E-state index contributed by atoms with van der Waals surface area (Å²) < 4.78 is 5.22. The molecule has 3 aromatic rings. The van der Waals surface area contributed by atoms with Crippen molar-refractivity contribution in [2.24, 2.45) is 4.99 Å². The minimum absolute atomic E-state index is 0.0761. The van der Waals surface area contributed by atoms with E-state index < -0.39 is 0 Å². The number of amidine groups is 1. The lowest BCUT2D eigenvalue weighted by Crippen LogP contribution is -2.28. The molecule has 0 spiro atoms. The Hall–Kier alpha value is -3.31. The van der Waals surface area contributed by atoms with Crippen LogP contribution in [0.1, 0.15) is 16.7 Å². The molecule has 0 radical (unpaired) electrons. The molecule has 4 rings (SSSR count). The number of carbonyl (C=O) groups excluding carboxylic acids is 1. The first-order valence-electron chi connectivity index (χ1n) is 9.63. The Kier molecular flexibility index (Phi) is 5.72. The number of amides is 1. The molecule has 3 aromatic carbocycles. The maximum absolute atomic E-state index is 13.3. The number of nitrogens with zero attached hydrogens (tertiary/aromatic N) is 2. The highest BCUT2D eigenvalue weighted by Crippen LogP contribution is 2.37. The number of carbonyl (C=O) groups is 1. The number of aryl methyl sites for hydroxylation is 2. The van der Waals surface area contributed by atoms with Gasteiger partial charge in [0.25, 0.3) is 5.91 Å². The van der Waals surface area contributed by atoms with Gasteiger partial charge in [-0.25, -0.2) is 4.99 Å². The number of rotatable bonds is 4. The van der Waals surface area contributed by atoms with Crippen molar-refractivity contribution >= 4 is 40.3 Å². The third-order valence-electron chi connectivity index (χ3n) is 4.71. The van der Waals surface area contributed by atoms with E-state index in [1.54, 1.807) is 12.0 Å². The smallest absolute Gasteiger partial charge is 0.271 e. The van der Waals surface area contributed by atoms with Crippen LogP contribution in [0.15, 0.2) is 82.7 Å². The fraction of sp³-hybridized carbons (Fsp3) is 0.120. The number of hydrogen-bond donors (Lipinski definition) is 0. The summed E-state index contributed by atoms with van der Waals surface area (Å²) in [5.74, 6) is 0.707. The van der Waals surface area contributed by atoms with Gasteiger partial charge in [-0.1, -0.05) is 36.4 Å². The summed E-state index contributed by atoms with van der Waals surface area (Å²) in [6, 6.07) is 23.5. The first kappa shape index (κ1) is 20.0. The van der Waals surface area contributed by atoms with Crippen molar-refractivity contribution in [2.75, 3.05) is 12.0 Å². The average molecular weight is 415 g/mol. The largest absolute Gasteiger partial charge is 0.497 e. The molecule has 0 bridgehead atoms. The molecule has 1 fully saturated rings. The Morgan fingerprint density at radius 1 is 0.933 bits per heavy atom. The number of ether oxygens (including phenoxy) is 1. The van der Waals surface area contributed by atoms with E-state index in [1.807, 2.05) is 92.7 Å². The number of aliphatic imine (C=N–C) groups is 1. The van der Waals surface area contributed by atoms with Crippen LogP contribution in [0.3, 0.4) is 0 Å². The van der Waals surface area contributed by atoms with E-state index in [0.717, 1.165) is 33.8 Å². The number of methoxy groups -OCH3 is 1. The van der Waals surface area contributed by atoms with Gasteiger partial charge in [0.15, 0.2) is 5.17 Å². The van der Waals surface area contributed by atoms with Crippen LogP contribution in [-0.2, 0) is 4.79 Å². The van der Waals surface area contributed by atoms with E-state index in [0.29, 0.717) is 10.1 Å². The van der Waals surface area contributed by atoms with Crippen LogP contribution in [0.4, 0.5) is 11.4 Å². The van der Waals surface area contributed by atoms with Crippen molar-refractivity contribution in [3.63, 3.8) is 0 Å². The third kappa shape index (κ3) is 4.31. The molecule has 1 aliphatic rings. The maximum atomic E-state index is 13.3. The highest BCUT2D eigenvalue weighted by atomic mass is 32.2. The van der Waals surface area contributed by atoms with Gasteiger partial charge in [-0.15, -0.1) is 0 Å². The Labute approximate surface area is 180 Å². The summed E-state index contributed by atoms with van der Waals surface area (Å²) in [5, 5.41) is 0.649. The Morgan fingerprint density at radius 3 is 2.30 bits per heavy atom. The first-order valence-corrected chi connectivity index (χ1v) is 10.5. The Balaban J connectivity index is 1.76. The van der Waals surface area contributed by atoms with Gasteiger partial charge in [-0.05, 0) is 84.8 Å². The number of hydrogen-bond acceptors (Lipinski definition) is 4. The molecule has 1 saturated heterocycles. The van der Waals surface area contributed by atoms with Crippen molar-refractivity contribution in [3.05, 3.63) is 94.4 Å². The zero-order chi connectivity index (χ0) is 21.1. The van der Waals surface area contributed by atoms with Gasteiger partial charge in [0.1, 0.15) is 5.75 Å². The predicted molar refractivity (Wildman–Crippen MR) is 126 cm³/mol. The monoisotopic (exact) mass is 414 g/mol. The van der Waals surface area contributed by atoms with Gasteiger partial charge in [0.2, 0.25) is 0 Å². The second-order valence-corrected chi connectivity index (χ2v) is 8.11. The Morgan fingerprint density at radius 2 is 1.63 bits per heavy atom. The van der Waals surface area contributed by atoms with Crippen molar-refractivity contribution in [2.45, 2.75) is 13.8 Å². The third-order valence-corrected chi connectivity index (χ3v) is 5.68. The number of benzene rings is 3. The summed E-state index contributed by atoms with van der Waals surface area (Å²) in [5.41, 5.74) is 4.80. The van der Waals surface area contributed by atoms with Gasteiger partial charge < -0.3 is 4.74 Å². The molecular weight excluding hydrogens is 392 g/mol. The highest BCUT2D eigenvalue weighted by Gasteiger charge is 2.34. The molecule has 1 heterocycles. The van der Waals surface area contributed by atoms with Crippen LogP contribution in [0.2, 0.25) is 0 Å². The first-order chi connectivity index (χ1) is 14.5. The molecule has 4 nitrogen and oxygen atoms in total. The minimum Gasteiger partial charge on any atom is -0.497 e. The van der Waals surface area contributed by atoms with Gasteiger partial charge >= 0.3 is 0 Å². The van der Waals surface area contributed by atoms with Crippen molar-refractivity contribution in [3.8, 4) is 5.75 Å². The fourth-order valence-corrected chi connectivity index (χ4v) is 4.20. The van der Waals surface area contributed by atoms with E-state index in [4.69, 9.17) is 9.73 Å². The van der Waals surface area contributed by atoms with Crippen LogP contribution < -0.4 is 9.64 Å². The van der Waals surface area contributed by atoms with E-state index >= 15 is 0 Å². The van der Waals surface area contributed by atoms with Crippen LogP contribution in [0.5, 0.6) is 5.75 Å². The molecule has 0 aromatic heterocycles. The predicted octanol–water partition coefficient (Wildman–Crippen LogP) is 6.12. The van der Waals surface area contributed by atoms with Gasteiger partial charge in [-0.2, -0.15) is 0 Å². The summed E-state index contributed by atoms with van der Waals surface area (Å²) in [6.45, 7) is 4.05. The average Bonchev–Trinajstić information content (AvgIpc) is 3.03. The number of thioether (sulfide) groups is 1. The van der Waals surface area contributed by atoms with Crippen LogP contribution in [0, 0.1) is 13.8 Å². The minimum atomic E-state index is -0.0761. The maximum Gasteiger partial charge on any atom is 0.271 e. The second-order valence-electron chi connectivity index (χ2n) is 7.10. The standard InChI is InChI=1S/C25H22N2O2S/c1-17-6-4-8-20(14-17)26-25-27(21-9-5-7-18(2)15-21)24(28)23(30-25)16-19-10-12-22(29-3)13-11-19/h4-16H,1-3H3/b23-16-,26-25?. The molecule has 0 saturated carbocycles. The summed E-state index contributed by atoms with van der Waals surface area (Å²) >= 11 is 1.39. The Bertz CT molecular complexity index is 1150. The SMILES string of the molecule is COc1ccc(/C=C2\SC(=Nc3cccc(C)c3)N(c3cccc(C)c3)C2=O)cc1. The summed E-state index contributed by atoms with van der Waals surface area (Å²) in [7, 11) is 1.64. The van der Waals surface area contributed by atoms with Gasteiger partial charge in [0.05, 0.1) is 23.4 Å². The van der Waals surface area contributed by atoms with Crippen LogP contribution in [-0.4, -0.2) is 18.2 Å². The molecule has 5 heteroatoms. The fourth-order valence-electron chi connectivity index (χ4n) is 3.20. The normalized spacial score (nSPS) is 16.5. The van der Waals surface area contributed by atoms with E-state index in [9.17, 15) is 4.79 Å². The molecule has 0 atom stereocenters. The second kappa shape index (κ2) is 8.59. The molecule has 1 amide bonds.